The van der Waals surface area contributed by atoms with Gasteiger partial charge in [0.15, 0.2) is 6.10 Å². The van der Waals surface area contributed by atoms with E-state index >= 15 is 0 Å². The van der Waals surface area contributed by atoms with E-state index in [0.717, 1.165) is 11.3 Å². The lowest BCUT2D eigenvalue weighted by atomic mass is 10.1. The third kappa shape index (κ3) is 2.17. The number of carbonyl (C=O) groups is 1. The number of carbonyl (C=O) groups excluding carboxylic acids is 1. The van der Waals surface area contributed by atoms with Crippen molar-refractivity contribution < 1.29 is 19.0 Å². The Morgan fingerprint density at radius 3 is 2.62 bits per heavy atom. The van der Waals surface area contributed by atoms with Gasteiger partial charge in [0.1, 0.15) is 11.9 Å². The smallest absolute Gasteiger partial charge is 0.338 e. The molecule has 1 saturated heterocycles. The van der Waals surface area contributed by atoms with E-state index in [1.54, 1.807) is 14.0 Å². The minimum Gasteiger partial charge on any atom is -0.497 e. The standard InChI is InChI=1S/C12H14O4/c1-3-15-12(13)11-10(16-11)8-4-6-9(14-2)7-5-8/h4-7,10-11H,3H2,1-2H3/t10-,11+/m0/s1. The maximum absolute atomic E-state index is 11.3. The van der Waals surface area contributed by atoms with Gasteiger partial charge in [0.2, 0.25) is 0 Å². The highest BCUT2D eigenvalue weighted by Gasteiger charge is 2.47. The molecule has 0 aromatic heterocycles. The van der Waals surface area contributed by atoms with Crippen LogP contribution in [0, 0.1) is 0 Å². The van der Waals surface area contributed by atoms with Crippen molar-refractivity contribution in [3.05, 3.63) is 29.8 Å². The van der Waals surface area contributed by atoms with Gasteiger partial charge in [-0.25, -0.2) is 4.79 Å². The quantitative estimate of drug-likeness (QED) is 0.574. The second-order valence-corrected chi connectivity index (χ2v) is 3.50. The van der Waals surface area contributed by atoms with E-state index in [9.17, 15) is 4.79 Å². The zero-order valence-electron chi connectivity index (χ0n) is 9.30. The first-order chi connectivity index (χ1) is 7.76. The first kappa shape index (κ1) is 11.0. The van der Waals surface area contributed by atoms with Crippen molar-refractivity contribution in [2.24, 2.45) is 0 Å². The van der Waals surface area contributed by atoms with Crippen LogP contribution in [0.25, 0.3) is 0 Å². The van der Waals surface area contributed by atoms with Crippen LogP contribution in [0.1, 0.15) is 18.6 Å². The molecule has 0 radical (unpaired) electrons. The van der Waals surface area contributed by atoms with Gasteiger partial charge in [0.25, 0.3) is 0 Å². The summed E-state index contributed by atoms with van der Waals surface area (Å²) in [6.07, 6.45) is -0.599. The lowest BCUT2D eigenvalue weighted by molar-refractivity contribution is -0.144. The topological polar surface area (TPSA) is 48.1 Å². The van der Waals surface area contributed by atoms with Crippen molar-refractivity contribution >= 4 is 5.97 Å². The molecule has 0 spiro atoms. The minimum atomic E-state index is -0.437. The Balaban J connectivity index is 1.97. The van der Waals surface area contributed by atoms with Crippen molar-refractivity contribution in [2.75, 3.05) is 13.7 Å². The molecular weight excluding hydrogens is 208 g/mol. The number of hydrogen-bond donors (Lipinski definition) is 0. The zero-order valence-corrected chi connectivity index (χ0v) is 9.30. The normalized spacial score (nSPS) is 22.6. The average molecular weight is 222 g/mol. The van der Waals surface area contributed by atoms with Crippen LogP contribution in [0.2, 0.25) is 0 Å². The number of esters is 1. The van der Waals surface area contributed by atoms with Crippen LogP contribution in [0.4, 0.5) is 0 Å². The van der Waals surface area contributed by atoms with Gasteiger partial charge in [0, 0.05) is 0 Å². The summed E-state index contributed by atoms with van der Waals surface area (Å²) in [7, 11) is 1.62. The molecule has 86 valence electrons. The Morgan fingerprint density at radius 2 is 2.06 bits per heavy atom. The zero-order chi connectivity index (χ0) is 11.5. The average Bonchev–Trinajstić information content (AvgIpc) is 3.09. The van der Waals surface area contributed by atoms with Crippen molar-refractivity contribution in [2.45, 2.75) is 19.1 Å². The van der Waals surface area contributed by atoms with Gasteiger partial charge >= 0.3 is 5.97 Å². The van der Waals surface area contributed by atoms with E-state index in [2.05, 4.69) is 0 Å². The molecule has 2 rings (SSSR count). The van der Waals surface area contributed by atoms with E-state index in [-0.39, 0.29) is 12.1 Å². The molecule has 0 unspecified atom stereocenters. The van der Waals surface area contributed by atoms with Crippen LogP contribution in [0.5, 0.6) is 5.75 Å². The van der Waals surface area contributed by atoms with Crippen LogP contribution in [-0.4, -0.2) is 25.8 Å². The summed E-state index contributed by atoms with van der Waals surface area (Å²) in [5.74, 6) is 0.500. The van der Waals surface area contributed by atoms with Gasteiger partial charge in [-0.2, -0.15) is 0 Å². The van der Waals surface area contributed by atoms with E-state index in [1.807, 2.05) is 24.3 Å². The summed E-state index contributed by atoms with van der Waals surface area (Å²) >= 11 is 0. The molecule has 1 aliphatic heterocycles. The molecule has 4 nitrogen and oxygen atoms in total. The fourth-order valence-electron chi connectivity index (χ4n) is 1.56. The van der Waals surface area contributed by atoms with E-state index in [0.29, 0.717) is 6.61 Å². The van der Waals surface area contributed by atoms with Crippen molar-refractivity contribution in [3.63, 3.8) is 0 Å². The first-order valence-corrected chi connectivity index (χ1v) is 5.22. The Hall–Kier alpha value is -1.55. The molecule has 1 aromatic rings. The molecule has 1 fully saturated rings. The molecule has 0 N–H and O–H groups in total. The second kappa shape index (κ2) is 4.53. The summed E-state index contributed by atoms with van der Waals surface area (Å²) in [5.41, 5.74) is 0.971. The second-order valence-electron chi connectivity index (χ2n) is 3.50. The van der Waals surface area contributed by atoms with Gasteiger partial charge in [-0.3, -0.25) is 0 Å². The first-order valence-electron chi connectivity index (χ1n) is 5.22. The summed E-state index contributed by atoms with van der Waals surface area (Å²) in [6, 6.07) is 7.48. The van der Waals surface area contributed by atoms with Gasteiger partial charge in [0.05, 0.1) is 13.7 Å². The van der Waals surface area contributed by atoms with Crippen LogP contribution in [-0.2, 0) is 14.3 Å². The highest BCUT2D eigenvalue weighted by Crippen LogP contribution is 2.39. The van der Waals surface area contributed by atoms with Crippen molar-refractivity contribution in [1.82, 2.24) is 0 Å². The summed E-state index contributed by atoms with van der Waals surface area (Å²) in [4.78, 5) is 11.3. The SMILES string of the molecule is CCOC(=O)[C@@H]1O[C@H]1c1ccc(OC)cc1. The predicted octanol–water partition coefficient (Wildman–Crippen LogP) is 1.70. The van der Waals surface area contributed by atoms with Crippen LogP contribution in [0.15, 0.2) is 24.3 Å². The number of hydrogen-bond acceptors (Lipinski definition) is 4. The Labute approximate surface area is 94.1 Å². The molecular formula is C12H14O4. The van der Waals surface area contributed by atoms with Gasteiger partial charge in [-0.1, -0.05) is 12.1 Å². The van der Waals surface area contributed by atoms with E-state index in [1.165, 1.54) is 0 Å². The van der Waals surface area contributed by atoms with Gasteiger partial charge in [-0.05, 0) is 24.6 Å². The third-order valence-corrected chi connectivity index (χ3v) is 2.45. The summed E-state index contributed by atoms with van der Waals surface area (Å²) < 4.78 is 15.2. The molecule has 1 heterocycles. The fourth-order valence-corrected chi connectivity index (χ4v) is 1.56. The Morgan fingerprint density at radius 1 is 1.38 bits per heavy atom. The maximum atomic E-state index is 11.3. The number of epoxide rings is 1. The highest BCUT2D eigenvalue weighted by atomic mass is 16.6. The molecule has 2 atom stereocenters. The maximum Gasteiger partial charge on any atom is 0.338 e. The van der Waals surface area contributed by atoms with Crippen molar-refractivity contribution in [1.29, 1.82) is 0 Å². The van der Waals surface area contributed by atoms with Crippen LogP contribution in [0.3, 0.4) is 0 Å². The highest BCUT2D eigenvalue weighted by molar-refractivity contribution is 5.78. The molecule has 4 heteroatoms. The Kier molecular flexibility index (Phi) is 3.10. The predicted molar refractivity (Wildman–Crippen MR) is 57.2 cm³/mol. The van der Waals surface area contributed by atoms with E-state index in [4.69, 9.17) is 14.2 Å². The number of rotatable bonds is 4. The molecule has 0 bridgehead atoms. The number of ether oxygens (including phenoxy) is 3. The molecule has 0 saturated carbocycles. The van der Waals surface area contributed by atoms with E-state index < -0.39 is 6.10 Å². The van der Waals surface area contributed by atoms with Gasteiger partial charge in [-0.15, -0.1) is 0 Å². The summed E-state index contributed by atoms with van der Waals surface area (Å²) in [6.45, 7) is 2.16. The molecule has 1 aliphatic rings. The third-order valence-electron chi connectivity index (χ3n) is 2.45. The summed E-state index contributed by atoms with van der Waals surface area (Å²) in [5, 5.41) is 0. The molecule has 16 heavy (non-hydrogen) atoms. The lowest BCUT2D eigenvalue weighted by Crippen LogP contribution is -2.11. The number of benzene rings is 1. The monoisotopic (exact) mass is 222 g/mol. The Bertz CT molecular complexity index is 371. The largest absolute Gasteiger partial charge is 0.497 e. The van der Waals surface area contributed by atoms with Crippen LogP contribution >= 0.6 is 0 Å². The van der Waals surface area contributed by atoms with Crippen molar-refractivity contribution in [3.8, 4) is 5.75 Å². The van der Waals surface area contributed by atoms with Crippen LogP contribution < -0.4 is 4.74 Å². The molecule has 0 aliphatic carbocycles. The molecule has 0 amide bonds. The number of methoxy groups -OCH3 is 1. The lowest BCUT2D eigenvalue weighted by Gasteiger charge is -2.00. The van der Waals surface area contributed by atoms with Gasteiger partial charge < -0.3 is 14.2 Å². The fraction of sp³-hybridized carbons (Fsp3) is 0.417. The molecule has 1 aromatic carbocycles. The minimum absolute atomic E-state index is 0.162.